The average molecular weight is 220 g/mol. The van der Waals surface area contributed by atoms with Crippen LogP contribution in [0.3, 0.4) is 0 Å². The molecule has 0 saturated carbocycles. The number of hydrogen-bond acceptors (Lipinski definition) is 3. The molecule has 1 aliphatic rings. The van der Waals surface area contributed by atoms with Crippen molar-refractivity contribution in [1.29, 1.82) is 0 Å². The molecule has 0 aliphatic carbocycles. The molecule has 1 aromatic rings. The Morgan fingerprint density at radius 3 is 2.81 bits per heavy atom. The lowest BCUT2D eigenvalue weighted by molar-refractivity contribution is 0.0419. The van der Waals surface area contributed by atoms with Crippen LogP contribution in [0, 0.1) is 5.92 Å². The van der Waals surface area contributed by atoms with E-state index in [9.17, 15) is 0 Å². The maximum Gasteiger partial charge on any atom is 0.0509 e. The van der Waals surface area contributed by atoms with Crippen molar-refractivity contribution in [3.63, 3.8) is 0 Å². The molecule has 3 heteroatoms. The van der Waals surface area contributed by atoms with Gasteiger partial charge in [0.2, 0.25) is 0 Å². The highest BCUT2D eigenvalue weighted by Crippen LogP contribution is 2.26. The van der Waals surface area contributed by atoms with E-state index in [0.717, 1.165) is 19.6 Å². The van der Waals surface area contributed by atoms with Crippen LogP contribution in [0.15, 0.2) is 24.5 Å². The molecule has 3 atom stereocenters. The van der Waals surface area contributed by atoms with Crippen molar-refractivity contribution in [2.75, 3.05) is 13.2 Å². The van der Waals surface area contributed by atoms with E-state index in [1.165, 1.54) is 12.0 Å². The molecule has 3 nitrogen and oxygen atoms in total. The Labute approximate surface area is 97.0 Å². The summed E-state index contributed by atoms with van der Waals surface area (Å²) in [5, 5.41) is 0. The minimum absolute atomic E-state index is 0.183. The Morgan fingerprint density at radius 2 is 2.19 bits per heavy atom. The lowest BCUT2D eigenvalue weighted by Gasteiger charge is -2.31. The van der Waals surface area contributed by atoms with E-state index in [0.29, 0.717) is 11.8 Å². The number of nitrogens with two attached hydrogens (primary N) is 1. The van der Waals surface area contributed by atoms with E-state index in [2.05, 4.69) is 11.9 Å². The Hall–Kier alpha value is -0.930. The maximum atomic E-state index is 6.32. The molecule has 1 aliphatic heterocycles. The third-order valence-electron chi connectivity index (χ3n) is 3.55. The normalized spacial score (nSPS) is 25.0. The first-order valence-corrected chi connectivity index (χ1v) is 6.02. The first-order valence-electron chi connectivity index (χ1n) is 6.02. The first-order chi connectivity index (χ1) is 7.79. The van der Waals surface area contributed by atoms with Gasteiger partial charge < -0.3 is 10.5 Å². The lowest BCUT2D eigenvalue weighted by Crippen LogP contribution is -2.39. The summed E-state index contributed by atoms with van der Waals surface area (Å²) in [6, 6.07) is 4.28. The molecule has 2 heterocycles. The molecule has 0 radical (unpaired) electrons. The minimum Gasteiger partial charge on any atom is -0.381 e. The summed E-state index contributed by atoms with van der Waals surface area (Å²) in [5.74, 6) is 0.867. The van der Waals surface area contributed by atoms with Gasteiger partial charge in [-0.3, -0.25) is 4.98 Å². The molecule has 0 bridgehead atoms. The minimum atomic E-state index is 0.183. The summed E-state index contributed by atoms with van der Waals surface area (Å²) < 4.78 is 5.50. The van der Waals surface area contributed by atoms with Crippen LogP contribution in [-0.4, -0.2) is 24.2 Å². The van der Waals surface area contributed by atoms with Gasteiger partial charge in [0, 0.05) is 25.0 Å². The SMILES string of the molecule is CC(c1ccncc1)C(N)C1CCCOC1. The van der Waals surface area contributed by atoms with Crippen LogP contribution in [0.2, 0.25) is 0 Å². The molecule has 88 valence electrons. The fourth-order valence-corrected chi connectivity index (χ4v) is 2.37. The monoisotopic (exact) mass is 220 g/mol. The quantitative estimate of drug-likeness (QED) is 0.846. The van der Waals surface area contributed by atoms with E-state index < -0.39 is 0 Å². The van der Waals surface area contributed by atoms with Crippen molar-refractivity contribution in [2.24, 2.45) is 11.7 Å². The Kier molecular flexibility index (Phi) is 3.91. The van der Waals surface area contributed by atoms with E-state index in [4.69, 9.17) is 10.5 Å². The van der Waals surface area contributed by atoms with Crippen molar-refractivity contribution in [2.45, 2.75) is 31.7 Å². The van der Waals surface area contributed by atoms with E-state index in [1.807, 2.05) is 24.5 Å². The number of rotatable bonds is 3. The average Bonchev–Trinajstić information content (AvgIpc) is 2.39. The van der Waals surface area contributed by atoms with Crippen molar-refractivity contribution < 1.29 is 4.74 Å². The highest BCUT2D eigenvalue weighted by molar-refractivity contribution is 5.17. The van der Waals surface area contributed by atoms with Crippen LogP contribution in [0.25, 0.3) is 0 Å². The highest BCUT2D eigenvalue weighted by Gasteiger charge is 2.26. The van der Waals surface area contributed by atoms with Gasteiger partial charge in [-0.15, -0.1) is 0 Å². The Bertz CT molecular complexity index is 309. The Balaban J connectivity index is 2.00. The topological polar surface area (TPSA) is 48.1 Å². The highest BCUT2D eigenvalue weighted by atomic mass is 16.5. The summed E-state index contributed by atoms with van der Waals surface area (Å²) in [6.45, 7) is 3.90. The molecule has 1 aromatic heterocycles. The number of pyridine rings is 1. The first kappa shape index (κ1) is 11.6. The fourth-order valence-electron chi connectivity index (χ4n) is 2.37. The van der Waals surface area contributed by atoms with Gasteiger partial charge in [0.1, 0.15) is 0 Å². The van der Waals surface area contributed by atoms with Crippen LogP contribution < -0.4 is 5.73 Å². The molecular weight excluding hydrogens is 200 g/mol. The molecule has 2 N–H and O–H groups in total. The number of aromatic nitrogens is 1. The zero-order valence-corrected chi connectivity index (χ0v) is 9.80. The molecule has 1 fully saturated rings. The summed E-state index contributed by atoms with van der Waals surface area (Å²) in [7, 11) is 0. The predicted molar refractivity (Wildman–Crippen MR) is 64.2 cm³/mol. The molecule has 0 amide bonds. The van der Waals surface area contributed by atoms with Gasteiger partial charge in [-0.25, -0.2) is 0 Å². The van der Waals surface area contributed by atoms with Crippen LogP contribution in [0.1, 0.15) is 31.2 Å². The second-order valence-corrected chi connectivity index (χ2v) is 4.62. The molecular formula is C13H20N2O. The van der Waals surface area contributed by atoms with Crippen molar-refractivity contribution >= 4 is 0 Å². The fraction of sp³-hybridized carbons (Fsp3) is 0.615. The van der Waals surface area contributed by atoms with Crippen molar-refractivity contribution in [1.82, 2.24) is 4.98 Å². The summed E-state index contributed by atoms with van der Waals surface area (Å²) in [5.41, 5.74) is 7.59. The largest absolute Gasteiger partial charge is 0.381 e. The van der Waals surface area contributed by atoms with E-state index in [1.54, 1.807) is 0 Å². The van der Waals surface area contributed by atoms with Crippen molar-refractivity contribution in [3.8, 4) is 0 Å². The summed E-state index contributed by atoms with van der Waals surface area (Å²) in [6.07, 6.45) is 5.99. The smallest absolute Gasteiger partial charge is 0.0509 e. The standard InChI is InChI=1S/C13H20N2O/c1-10(11-4-6-15-7-5-11)13(14)12-3-2-8-16-9-12/h4-7,10,12-13H,2-3,8-9,14H2,1H3. The van der Waals surface area contributed by atoms with E-state index in [-0.39, 0.29) is 6.04 Å². The van der Waals surface area contributed by atoms with Gasteiger partial charge in [0.15, 0.2) is 0 Å². The van der Waals surface area contributed by atoms with Crippen LogP contribution in [0.5, 0.6) is 0 Å². The second kappa shape index (κ2) is 5.41. The molecule has 16 heavy (non-hydrogen) atoms. The van der Waals surface area contributed by atoms with Gasteiger partial charge in [-0.2, -0.15) is 0 Å². The lowest BCUT2D eigenvalue weighted by atomic mass is 9.83. The molecule has 2 rings (SSSR count). The van der Waals surface area contributed by atoms with Gasteiger partial charge in [0.05, 0.1) is 6.61 Å². The van der Waals surface area contributed by atoms with Gasteiger partial charge in [-0.05, 0) is 42.4 Å². The third-order valence-corrected chi connectivity index (χ3v) is 3.55. The van der Waals surface area contributed by atoms with Crippen LogP contribution in [0.4, 0.5) is 0 Å². The number of ether oxygens (including phenoxy) is 1. The van der Waals surface area contributed by atoms with Gasteiger partial charge in [0.25, 0.3) is 0 Å². The zero-order valence-electron chi connectivity index (χ0n) is 9.80. The molecule has 0 aromatic carbocycles. The number of nitrogens with zero attached hydrogens (tertiary/aromatic N) is 1. The van der Waals surface area contributed by atoms with Crippen molar-refractivity contribution in [3.05, 3.63) is 30.1 Å². The maximum absolute atomic E-state index is 6.32. The Morgan fingerprint density at radius 1 is 1.44 bits per heavy atom. The summed E-state index contributed by atoms with van der Waals surface area (Å²) >= 11 is 0. The third kappa shape index (κ3) is 2.60. The molecule has 1 saturated heterocycles. The molecule has 3 unspecified atom stereocenters. The van der Waals surface area contributed by atoms with E-state index >= 15 is 0 Å². The second-order valence-electron chi connectivity index (χ2n) is 4.62. The number of hydrogen-bond donors (Lipinski definition) is 1. The predicted octanol–water partition coefficient (Wildman–Crippen LogP) is 1.94. The van der Waals surface area contributed by atoms with Gasteiger partial charge in [-0.1, -0.05) is 6.92 Å². The van der Waals surface area contributed by atoms with Crippen LogP contribution >= 0.6 is 0 Å². The summed E-state index contributed by atoms with van der Waals surface area (Å²) in [4.78, 5) is 4.03. The van der Waals surface area contributed by atoms with Crippen LogP contribution in [-0.2, 0) is 4.74 Å². The van der Waals surface area contributed by atoms with Gasteiger partial charge >= 0.3 is 0 Å². The molecule has 0 spiro atoms. The zero-order chi connectivity index (χ0) is 11.4.